The van der Waals surface area contributed by atoms with Crippen molar-refractivity contribution in [3.8, 4) is 11.1 Å². The van der Waals surface area contributed by atoms with Crippen molar-refractivity contribution in [2.75, 3.05) is 0 Å². The third-order valence-electron chi connectivity index (χ3n) is 8.18. The molecule has 2 aliphatic carbocycles. The Hall–Kier alpha value is -1.67. The van der Waals surface area contributed by atoms with E-state index >= 15 is 0 Å². The predicted octanol–water partition coefficient (Wildman–Crippen LogP) is 2.65. The molecule has 0 nitrogen and oxygen atoms in total. The van der Waals surface area contributed by atoms with Crippen LogP contribution in [-0.2, 0) is 36.7 Å². The van der Waals surface area contributed by atoms with Gasteiger partial charge in [0.1, 0.15) is 0 Å². The molecule has 2 aliphatic rings. The SMILES string of the molecule is CC(C)=c1cc2c(c(C3=C(c4cccc(C)c4C)C=CC3)c1C(C)(C)C)=[C-]c1cc(C(C)(C)C)ccc1-2.[Cl-].[Cl-].[Hf]. The van der Waals surface area contributed by atoms with Gasteiger partial charge in [0.15, 0.2) is 0 Å². The zero-order valence-electron chi connectivity index (χ0n) is 25.7. The van der Waals surface area contributed by atoms with Gasteiger partial charge in [-0.15, -0.1) is 34.1 Å². The topological polar surface area (TPSA) is 0 Å². The molecule has 0 aliphatic heterocycles. The Morgan fingerprint density at radius 2 is 1.48 bits per heavy atom. The van der Waals surface area contributed by atoms with E-state index in [1.54, 1.807) is 0 Å². The Kier molecular flexibility index (Phi) is 10.6. The van der Waals surface area contributed by atoms with E-state index in [2.05, 4.69) is 130 Å². The Balaban J connectivity index is 0.00000187. The minimum Gasteiger partial charge on any atom is -1.00 e. The van der Waals surface area contributed by atoms with E-state index in [0.717, 1.165) is 6.42 Å². The van der Waals surface area contributed by atoms with Crippen LogP contribution in [0.2, 0.25) is 0 Å². The molecule has 0 aromatic heterocycles. The molecule has 5 rings (SSSR count). The minimum absolute atomic E-state index is 0. The quantitative estimate of drug-likeness (QED) is 0.220. The molecule has 0 bridgehead atoms. The van der Waals surface area contributed by atoms with Gasteiger partial charge >= 0.3 is 0 Å². The number of fused-ring (bicyclic) bond motifs is 3. The van der Waals surface area contributed by atoms with Crippen molar-refractivity contribution in [3.05, 3.63) is 104 Å². The van der Waals surface area contributed by atoms with Crippen LogP contribution in [0.3, 0.4) is 0 Å². The second kappa shape index (κ2) is 12.3. The summed E-state index contributed by atoms with van der Waals surface area (Å²) >= 11 is 0. The Morgan fingerprint density at radius 3 is 2.08 bits per heavy atom. The molecule has 0 atom stereocenters. The van der Waals surface area contributed by atoms with E-state index in [1.165, 1.54) is 77.2 Å². The van der Waals surface area contributed by atoms with Gasteiger partial charge in [-0.2, -0.15) is 0 Å². The fourth-order valence-corrected chi connectivity index (χ4v) is 6.02. The molecule has 0 amide bonds. The Labute approximate surface area is 273 Å². The largest absolute Gasteiger partial charge is 1.00 e. The number of benzene rings is 3. The maximum Gasteiger partial charge on any atom is 0 e. The molecule has 0 saturated carbocycles. The van der Waals surface area contributed by atoms with Gasteiger partial charge in [-0.05, 0) is 72.4 Å². The van der Waals surface area contributed by atoms with Crippen LogP contribution in [-0.4, -0.2) is 0 Å². The van der Waals surface area contributed by atoms with Gasteiger partial charge in [0.2, 0.25) is 0 Å². The molecule has 0 N–H and O–H groups in total. The fraction of sp³-hybridized carbons (Fsp3) is 0.351. The first-order valence-corrected chi connectivity index (χ1v) is 13.7. The number of allylic oxidation sites excluding steroid dienone is 4. The molecular formula is C37H41Cl2Hf-3. The standard InChI is InChI=1S/C37H41.2ClH.Hf/c1-22(2)31-21-32-28-18-17-26(36(5,6)7)19-25(28)20-33(32)34(35(31)37(8,9)10)30-16-12-15-29(30)27-14-11-13-23(3)24(27)4;;;/h11-15,17-19,21H,16H2,1-10H3;2*1H;/q-1;;;/p-2. The van der Waals surface area contributed by atoms with Gasteiger partial charge in [-0.3, -0.25) is 0 Å². The van der Waals surface area contributed by atoms with Crippen LogP contribution in [0, 0.1) is 13.8 Å². The smallest absolute Gasteiger partial charge is 0 e. The zero-order valence-corrected chi connectivity index (χ0v) is 30.8. The number of aryl methyl sites for hydroxylation is 1. The summed E-state index contributed by atoms with van der Waals surface area (Å²) in [6.07, 6.45) is 9.60. The summed E-state index contributed by atoms with van der Waals surface area (Å²) in [5.41, 5.74) is 16.4. The van der Waals surface area contributed by atoms with Gasteiger partial charge < -0.3 is 24.8 Å². The number of rotatable bonds is 2. The maximum atomic E-state index is 3.94. The van der Waals surface area contributed by atoms with Crippen LogP contribution in [0.1, 0.15) is 101 Å². The van der Waals surface area contributed by atoms with Crippen LogP contribution in [0.15, 0.2) is 54.6 Å². The molecule has 0 saturated heterocycles. The van der Waals surface area contributed by atoms with Crippen LogP contribution < -0.4 is 35.3 Å². The van der Waals surface area contributed by atoms with Crippen LogP contribution in [0.5, 0.6) is 0 Å². The van der Waals surface area contributed by atoms with Gasteiger partial charge in [0.05, 0.1) is 0 Å². The van der Waals surface area contributed by atoms with E-state index in [4.69, 9.17) is 0 Å². The number of hydrogen-bond acceptors (Lipinski definition) is 0. The first-order chi connectivity index (χ1) is 17.3. The van der Waals surface area contributed by atoms with Crippen molar-refractivity contribution in [2.24, 2.45) is 0 Å². The number of hydrogen-bond donors (Lipinski definition) is 0. The molecule has 3 heteroatoms. The predicted molar refractivity (Wildman–Crippen MR) is 162 cm³/mol. The second-order valence-electron chi connectivity index (χ2n) is 13.2. The zero-order chi connectivity index (χ0) is 26.9. The van der Waals surface area contributed by atoms with E-state index in [1.807, 2.05) is 0 Å². The Morgan fingerprint density at radius 1 is 0.800 bits per heavy atom. The van der Waals surface area contributed by atoms with Crippen molar-refractivity contribution in [2.45, 2.75) is 86.5 Å². The Bertz CT molecular complexity index is 1630. The fourth-order valence-electron chi connectivity index (χ4n) is 6.02. The van der Waals surface area contributed by atoms with E-state index < -0.39 is 0 Å². The van der Waals surface area contributed by atoms with Crippen molar-refractivity contribution in [3.63, 3.8) is 0 Å². The molecule has 0 unspecified atom stereocenters. The van der Waals surface area contributed by atoms with Crippen LogP contribution >= 0.6 is 0 Å². The molecule has 40 heavy (non-hydrogen) atoms. The van der Waals surface area contributed by atoms with Crippen LogP contribution in [0.4, 0.5) is 0 Å². The number of halogens is 2. The molecule has 3 aromatic rings. The van der Waals surface area contributed by atoms with Crippen molar-refractivity contribution in [1.82, 2.24) is 0 Å². The molecular weight excluding hydrogens is 694 g/mol. The first kappa shape index (κ1) is 34.5. The van der Waals surface area contributed by atoms with Gasteiger partial charge in [0.25, 0.3) is 0 Å². The summed E-state index contributed by atoms with van der Waals surface area (Å²) in [6, 6.07) is 16.2. The van der Waals surface area contributed by atoms with Crippen molar-refractivity contribution in [1.29, 1.82) is 0 Å². The monoisotopic (exact) mass is 735 g/mol. The van der Waals surface area contributed by atoms with Gasteiger partial charge in [-0.25, -0.2) is 0 Å². The van der Waals surface area contributed by atoms with Crippen molar-refractivity contribution < 1.29 is 50.7 Å². The summed E-state index contributed by atoms with van der Waals surface area (Å²) in [5.74, 6) is 0. The molecule has 0 fully saturated rings. The summed E-state index contributed by atoms with van der Waals surface area (Å²) in [6.45, 7) is 23.0. The summed E-state index contributed by atoms with van der Waals surface area (Å²) in [4.78, 5) is 0. The summed E-state index contributed by atoms with van der Waals surface area (Å²) < 4.78 is 0. The van der Waals surface area contributed by atoms with Crippen molar-refractivity contribution >= 4 is 22.8 Å². The molecule has 0 spiro atoms. The van der Waals surface area contributed by atoms with E-state index in [0.29, 0.717) is 0 Å². The molecule has 0 radical (unpaired) electrons. The summed E-state index contributed by atoms with van der Waals surface area (Å²) in [5, 5.41) is 2.66. The van der Waals surface area contributed by atoms with E-state index in [-0.39, 0.29) is 61.5 Å². The summed E-state index contributed by atoms with van der Waals surface area (Å²) in [7, 11) is 0. The molecule has 0 heterocycles. The average Bonchev–Trinajstić information content (AvgIpc) is 3.42. The average molecular weight is 735 g/mol. The van der Waals surface area contributed by atoms with Gasteiger partial charge in [0, 0.05) is 25.8 Å². The molecule has 210 valence electrons. The maximum absolute atomic E-state index is 3.94. The molecule has 3 aromatic carbocycles. The first-order valence-electron chi connectivity index (χ1n) is 13.7. The second-order valence-corrected chi connectivity index (χ2v) is 13.2. The van der Waals surface area contributed by atoms with E-state index in [9.17, 15) is 0 Å². The minimum atomic E-state index is -0.00760. The normalized spacial score (nSPS) is 13.6. The van der Waals surface area contributed by atoms with Gasteiger partial charge in [-0.1, -0.05) is 118 Å². The third kappa shape index (κ3) is 5.95. The third-order valence-corrected chi connectivity index (χ3v) is 8.18. The van der Waals surface area contributed by atoms with Crippen LogP contribution in [0.25, 0.3) is 33.9 Å².